The van der Waals surface area contributed by atoms with Crippen molar-refractivity contribution in [2.24, 2.45) is 5.92 Å². The third kappa shape index (κ3) is 3.87. The van der Waals surface area contributed by atoms with Crippen LogP contribution in [-0.4, -0.2) is 32.2 Å². The molecule has 1 fully saturated rings. The molecule has 1 saturated heterocycles. The van der Waals surface area contributed by atoms with Crippen molar-refractivity contribution in [3.05, 3.63) is 0 Å². The van der Waals surface area contributed by atoms with E-state index in [1.807, 2.05) is 6.92 Å². The van der Waals surface area contributed by atoms with Gasteiger partial charge in [-0.05, 0) is 19.3 Å². The SMILES string of the molecule is CCCOCC(=O)C1CCCOC1. The van der Waals surface area contributed by atoms with Crippen LogP contribution in [0.5, 0.6) is 0 Å². The summed E-state index contributed by atoms with van der Waals surface area (Å²) in [4.78, 5) is 11.5. The second-order valence-corrected chi connectivity index (χ2v) is 3.43. The van der Waals surface area contributed by atoms with Crippen LogP contribution in [0.4, 0.5) is 0 Å². The van der Waals surface area contributed by atoms with Gasteiger partial charge < -0.3 is 9.47 Å². The van der Waals surface area contributed by atoms with Crippen LogP contribution in [0.3, 0.4) is 0 Å². The highest BCUT2D eigenvalue weighted by molar-refractivity contribution is 5.82. The Labute approximate surface area is 79.4 Å². The number of carbonyl (C=O) groups is 1. The van der Waals surface area contributed by atoms with Gasteiger partial charge in [0.2, 0.25) is 0 Å². The quantitative estimate of drug-likeness (QED) is 0.609. The summed E-state index contributed by atoms with van der Waals surface area (Å²) in [6.45, 7) is 4.38. The van der Waals surface area contributed by atoms with Crippen LogP contribution in [0, 0.1) is 5.92 Å². The van der Waals surface area contributed by atoms with Crippen LogP contribution >= 0.6 is 0 Å². The summed E-state index contributed by atoms with van der Waals surface area (Å²) in [5.41, 5.74) is 0. The molecule has 0 saturated carbocycles. The van der Waals surface area contributed by atoms with Crippen molar-refractivity contribution in [2.45, 2.75) is 26.2 Å². The van der Waals surface area contributed by atoms with E-state index in [0.29, 0.717) is 13.2 Å². The van der Waals surface area contributed by atoms with Gasteiger partial charge in [-0.1, -0.05) is 6.92 Å². The Morgan fingerprint density at radius 2 is 2.46 bits per heavy atom. The molecule has 0 aromatic rings. The molecular weight excluding hydrogens is 168 g/mol. The third-order valence-electron chi connectivity index (χ3n) is 2.21. The van der Waals surface area contributed by atoms with Gasteiger partial charge in [0.1, 0.15) is 6.61 Å². The van der Waals surface area contributed by atoms with E-state index in [9.17, 15) is 4.79 Å². The molecule has 1 rings (SSSR count). The van der Waals surface area contributed by atoms with Crippen molar-refractivity contribution >= 4 is 5.78 Å². The minimum atomic E-state index is 0.0885. The van der Waals surface area contributed by atoms with Gasteiger partial charge >= 0.3 is 0 Å². The summed E-state index contributed by atoms with van der Waals surface area (Å²) in [5.74, 6) is 0.291. The lowest BCUT2D eigenvalue weighted by molar-refractivity contribution is -0.131. The molecule has 13 heavy (non-hydrogen) atoms. The van der Waals surface area contributed by atoms with Crippen molar-refractivity contribution in [3.63, 3.8) is 0 Å². The van der Waals surface area contributed by atoms with Crippen LogP contribution < -0.4 is 0 Å². The number of rotatable bonds is 5. The molecule has 0 aliphatic carbocycles. The Kier molecular flexibility index (Phi) is 5.01. The van der Waals surface area contributed by atoms with E-state index >= 15 is 0 Å². The summed E-state index contributed by atoms with van der Waals surface area (Å²) >= 11 is 0. The predicted octanol–water partition coefficient (Wildman–Crippen LogP) is 1.41. The van der Waals surface area contributed by atoms with Gasteiger partial charge in [-0.25, -0.2) is 0 Å². The molecule has 0 radical (unpaired) electrons. The second kappa shape index (κ2) is 6.11. The number of ether oxygens (including phenoxy) is 2. The highest BCUT2D eigenvalue weighted by atomic mass is 16.5. The Morgan fingerprint density at radius 3 is 3.08 bits per heavy atom. The third-order valence-corrected chi connectivity index (χ3v) is 2.21. The van der Waals surface area contributed by atoms with Crippen LogP contribution in [0.2, 0.25) is 0 Å². The second-order valence-electron chi connectivity index (χ2n) is 3.43. The van der Waals surface area contributed by atoms with Crippen LogP contribution in [-0.2, 0) is 14.3 Å². The number of hydrogen-bond acceptors (Lipinski definition) is 3. The first-order chi connectivity index (χ1) is 6.34. The first kappa shape index (κ1) is 10.7. The molecule has 0 aromatic carbocycles. The molecule has 3 heteroatoms. The van der Waals surface area contributed by atoms with E-state index in [1.165, 1.54) is 0 Å². The summed E-state index contributed by atoms with van der Waals surface area (Å²) in [7, 11) is 0. The summed E-state index contributed by atoms with van der Waals surface area (Å²) in [6, 6.07) is 0. The summed E-state index contributed by atoms with van der Waals surface area (Å²) < 4.78 is 10.4. The van der Waals surface area contributed by atoms with Gasteiger partial charge in [0.05, 0.1) is 6.61 Å². The van der Waals surface area contributed by atoms with Crippen molar-refractivity contribution in [1.82, 2.24) is 0 Å². The number of Topliss-reactive ketones (excluding diaryl/α,β-unsaturated/α-hetero) is 1. The van der Waals surface area contributed by atoms with E-state index in [1.54, 1.807) is 0 Å². The predicted molar refractivity (Wildman–Crippen MR) is 49.7 cm³/mol. The minimum absolute atomic E-state index is 0.0885. The average molecular weight is 186 g/mol. The Bertz CT molecular complexity index is 150. The maximum Gasteiger partial charge on any atom is 0.163 e. The molecule has 3 nitrogen and oxygen atoms in total. The van der Waals surface area contributed by atoms with Crippen molar-refractivity contribution in [3.8, 4) is 0 Å². The summed E-state index contributed by atoms with van der Waals surface area (Å²) in [5, 5.41) is 0. The van der Waals surface area contributed by atoms with Crippen molar-refractivity contribution < 1.29 is 14.3 Å². The lowest BCUT2D eigenvalue weighted by Gasteiger charge is -2.20. The lowest BCUT2D eigenvalue weighted by atomic mass is 9.98. The smallest absolute Gasteiger partial charge is 0.163 e. The van der Waals surface area contributed by atoms with Gasteiger partial charge in [0.15, 0.2) is 5.78 Å². The molecule has 0 spiro atoms. The van der Waals surface area contributed by atoms with Crippen LogP contribution in [0.1, 0.15) is 26.2 Å². The molecule has 1 atom stereocenters. The molecule has 0 N–H and O–H groups in total. The van der Waals surface area contributed by atoms with Gasteiger partial charge in [-0.3, -0.25) is 4.79 Å². The van der Waals surface area contributed by atoms with Crippen molar-refractivity contribution in [1.29, 1.82) is 0 Å². The largest absolute Gasteiger partial charge is 0.381 e. The highest BCUT2D eigenvalue weighted by Gasteiger charge is 2.21. The zero-order valence-corrected chi connectivity index (χ0v) is 8.25. The molecule has 1 aliphatic rings. The zero-order valence-electron chi connectivity index (χ0n) is 8.25. The van der Waals surface area contributed by atoms with Crippen LogP contribution in [0.15, 0.2) is 0 Å². The van der Waals surface area contributed by atoms with Gasteiger partial charge in [0.25, 0.3) is 0 Å². The topological polar surface area (TPSA) is 35.5 Å². The molecule has 76 valence electrons. The van der Waals surface area contributed by atoms with E-state index in [-0.39, 0.29) is 18.3 Å². The van der Waals surface area contributed by atoms with Gasteiger partial charge in [-0.15, -0.1) is 0 Å². The van der Waals surface area contributed by atoms with E-state index in [0.717, 1.165) is 25.9 Å². The van der Waals surface area contributed by atoms with Gasteiger partial charge in [-0.2, -0.15) is 0 Å². The fourth-order valence-electron chi connectivity index (χ4n) is 1.43. The van der Waals surface area contributed by atoms with E-state index in [2.05, 4.69) is 0 Å². The standard InChI is InChI=1S/C10H18O3/c1-2-5-12-8-10(11)9-4-3-6-13-7-9/h9H,2-8H2,1H3. The van der Waals surface area contributed by atoms with Crippen LogP contribution in [0.25, 0.3) is 0 Å². The average Bonchev–Trinajstić information content (AvgIpc) is 2.19. The Hall–Kier alpha value is -0.410. The van der Waals surface area contributed by atoms with E-state index in [4.69, 9.17) is 9.47 Å². The molecule has 0 amide bonds. The van der Waals surface area contributed by atoms with E-state index < -0.39 is 0 Å². The number of carbonyl (C=O) groups excluding carboxylic acids is 1. The number of hydrogen-bond donors (Lipinski definition) is 0. The first-order valence-electron chi connectivity index (χ1n) is 5.02. The maximum absolute atomic E-state index is 11.5. The molecule has 1 aliphatic heterocycles. The fraction of sp³-hybridized carbons (Fsp3) is 0.900. The Balaban J connectivity index is 2.13. The lowest BCUT2D eigenvalue weighted by Crippen LogP contribution is -2.28. The summed E-state index contributed by atoms with van der Waals surface area (Å²) in [6.07, 6.45) is 2.94. The molecular formula is C10H18O3. The van der Waals surface area contributed by atoms with Crippen molar-refractivity contribution in [2.75, 3.05) is 26.4 Å². The molecule has 0 aromatic heterocycles. The zero-order chi connectivity index (χ0) is 9.52. The number of ketones is 1. The van der Waals surface area contributed by atoms with Gasteiger partial charge in [0, 0.05) is 19.1 Å². The fourth-order valence-corrected chi connectivity index (χ4v) is 1.43. The highest BCUT2D eigenvalue weighted by Crippen LogP contribution is 2.14. The molecule has 0 bridgehead atoms. The monoisotopic (exact) mass is 186 g/mol. The normalized spacial score (nSPS) is 23.0. The maximum atomic E-state index is 11.5. The molecule has 1 heterocycles. The first-order valence-corrected chi connectivity index (χ1v) is 5.02. The molecule has 1 unspecified atom stereocenters. The Morgan fingerprint density at radius 1 is 1.62 bits per heavy atom. The minimum Gasteiger partial charge on any atom is -0.381 e.